The number of likely N-dealkylation sites (N-methyl/N-ethyl adjacent to an activating group) is 1. The topological polar surface area (TPSA) is 76.4 Å². The first-order valence-electron chi connectivity index (χ1n) is 4.56. The molecule has 0 radical (unpaired) electrons. The van der Waals surface area contributed by atoms with Gasteiger partial charge in [-0.3, -0.25) is 4.79 Å². The maximum atomic E-state index is 11.0. The van der Waals surface area contributed by atoms with Crippen molar-refractivity contribution in [2.24, 2.45) is 0 Å². The van der Waals surface area contributed by atoms with E-state index in [0.29, 0.717) is 17.1 Å². The molecular formula is C10H15N3O2. The van der Waals surface area contributed by atoms with Gasteiger partial charge in [0.25, 0.3) is 0 Å². The highest BCUT2D eigenvalue weighted by Crippen LogP contribution is 2.28. The van der Waals surface area contributed by atoms with Crippen molar-refractivity contribution in [2.75, 3.05) is 31.8 Å². The van der Waals surface area contributed by atoms with Crippen LogP contribution in [0.2, 0.25) is 0 Å². The standard InChI is InChI=1S/C10H15N3O2/c1-12-9(14)6-13-7-4-3-5-8(15-2)10(7)11/h3-5,13H,6,11H2,1-2H3,(H,12,14). The molecule has 0 fully saturated rings. The number of carbonyl (C=O) groups excluding carboxylic acids is 1. The fourth-order valence-corrected chi connectivity index (χ4v) is 1.14. The number of nitrogen functional groups attached to an aromatic ring is 1. The van der Waals surface area contributed by atoms with Gasteiger partial charge in [-0.05, 0) is 12.1 Å². The lowest BCUT2D eigenvalue weighted by Gasteiger charge is -2.11. The second-order valence-corrected chi connectivity index (χ2v) is 2.95. The van der Waals surface area contributed by atoms with E-state index in [1.54, 1.807) is 32.4 Å². The fraction of sp³-hybridized carbons (Fsp3) is 0.300. The summed E-state index contributed by atoms with van der Waals surface area (Å²) in [4.78, 5) is 11.0. The molecule has 82 valence electrons. The fourth-order valence-electron chi connectivity index (χ4n) is 1.14. The number of rotatable bonds is 4. The van der Waals surface area contributed by atoms with Crippen molar-refractivity contribution in [1.82, 2.24) is 5.32 Å². The van der Waals surface area contributed by atoms with Crippen LogP contribution in [-0.4, -0.2) is 26.6 Å². The predicted octanol–water partition coefficient (Wildman–Crippen LogP) is 0.435. The number of nitrogens with two attached hydrogens (primary N) is 1. The molecule has 0 atom stereocenters. The quantitative estimate of drug-likeness (QED) is 0.629. The molecule has 0 aromatic heterocycles. The Kier molecular flexibility index (Phi) is 3.79. The minimum atomic E-state index is -0.0998. The van der Waals surface area contributed by atoms with Gasteiger partial charge in [-0.25, -0.2) is 0 Å². The van der Waals surface area contributed by atoms with E-state index in [0.717, 1.165) is 0 Å². The zero-order valence-electron chi connectivity index (χ0n) is 8.83. The Hall–Kier alpha value is -1.91. The molecule has 5 nitrogen and oxygen atoms in total. The largest absolute Gasteiger partial charge is 0.495 e. The van der Waals surface area contributed by atoms with Crippen molar-refractivity contribution in [2.45, 2.75) is 0 Å². The second-order valence-electron chi connectivity index (χ2n) is 2.95. The Morgan fingerprint density at radius 3 is 2.87 bits per heavy atom. The van der Waals surface area contributed by atoms with E-state index in [1.807, 2.05) is 0 Å². The van der Waals surface area contributed by atoms with Gasteiger partial charge in [0, 0.05) is 7.05 Å². The van der Waals surface area contributed by atoms with Gasteiger partial charge in [0.1, 0.15) is 5.75 Å². The normalized spacial score (nSPS) is 9.47. The Morgan fingerprint density at radius 1 is 1.53 bits per heavy atom. The van der Waals surface area contributed by atoms with E-state index in [1.165, 1.54) is 0 Å². The van der Waals surface area contributed by atoms with Crippen LogP contribution in [0.25, 0.3) is 0 Å². The minimum absolute atomic E-state index is 0.0998. The van der Waals surface area contributed by atoms with Gasteiger partial charge in [0.05, 0.1) is 25.0 Å². The summed E-state index contributed by atoms with van der Waals surface area (Å²) in [6.45, 7) is 0.188. The van der Waals surface area contributed by atoms with Gasteiger partial charge in [-0.1, -0.05) is 6.07 Å². The van der Waals surface area contributed by atoms with Crippen LogP contribution >= 0.6 is 0 Å². The van der Waals surface area contributed by atoms with Gasteiger partial charge in [0.15, 0.2) is 0 Å². The second kappa shape index (κ2) is 5.09. The van der Waals surface area contributed by atoms with E-state index >= 15 is 0 Å². The summed E-state index contributed by atoms with van der Waals surface area (Å²) in [5.41, 5.74) is 7.00. The maximum absolute atomic E-state index is 11.0. The first kappa shape index (κ1) is 11.2. The SMILES string of the molecule is CNC(=O)CNc1cccc(OC)c1N. The van der Waals surface area contributed by atoms with Gasteiger partial charge in [-0.2, -0.15) is 0 Å². The van der Waals surface area contributed by atoms with Gasteiger partial charge in [-0.15, -0.1) is 0 Å². The van der Waals surface area contributed by atoms with Crippen LogP contribution in [0.1, 0.15) is 0 Å². The van der Waals surface area contributed by atoms with Crippen molar-refractivity contribution >= 4 is 17.3 Å². The molecule has 0 heterocycles. The van der Waals surface area contributed by atoms with Gasteiger partial charge >= 0.3 is 0 Å². The molecule has 0 aliphatic carbocycles. The molecule has 0 bridgehead atoms. The van der Waals surface area contributed by atoms with E-state index < -0.39 is 0 Å². The van der Waals surface area contributed by atoms with Crippen molar-refractivity contribution in [1.29, 1.82) is 0 Å². The molecule has 0 unspecified atom stereocenters. The number of ether oxygens (including phenoxy) is 1. The number of amides is 1. The molecule has 0 saturated carbocycles. The lowest BCUT2D eigenvalue weighted by molar-refractivity contribution is -0.118. The van der Waals surface area contributed by atoms with E-state index in [-0.39, 0.29) is 12.5 Å². The highest BCUT2D eigenvalue weighted by atomic mass is 16.5. The maximum Gasteiger partial charge on any atom is 0.239 e. The summed E-state index contributed by atoms with van der Waals surface area (Å²) in [5.74, 6) is 0.495. The van der Waals surface area contributed by atoms with Crippen LogP contribution in [0.3, 0.4) is 0 Å². The molecule has 1 aromatic rings. The predicted molar refractivity (Wildman–Crippen MR) is 60.0 cm³/mol. The average Bonchev–Trinajstić information content (AvgIpc) is 2.27. The lowest BCUT2D eigenvalue weighted by atomic mass is 10.2. The van der Waals surface area contributed by atoms with Crippen molar-refractivity contribution in [3.8, 4) is 5.75 Å². The number of hydrogen-bond acceptors (Lipinski definition) is 4. The lowest BCUT2D eigenvalue weighted by Crippen LogP contribution is -2.26. The molecule has 4 N–H and O–H groups in total. The van der Waals surface area contributed by atoms with Crippen LogP contribution in [0.15, 0.2) is 18.2 Å². The summed E-state index contributed by atoms with van der Waals surface area (Å²) in [5, 5.41) is 5.43. The van der Waals surface area contributed by atoms with E-state index in [2.05, 4.69) is 10.6 Å². The molecule has 15 heavy (non-hydrogen) atoms. The summed E-state index contributed by atoms with van der Waals surface area (Å²) in [6.07, 6.45) is 0. The van der Waals surface area contributed by atoms with Gasteiger partial charge < -0.3 is 21.1 Å². The molecule has 1 rings (SSSR count). The third-order valence-electron chi connectivity index (χ3n) is 2.00. The first-order chi connectivity index (χ1) is 7.19. The van der Waals surface area contributed by atoms with Crippen LogP contribution in [0, 0.1) is 0 Å². The summed E-state index contributed by atoms with van der Waals surface area (Å²) >= 11 is 0. The third-order valence-corrected chi connectivity index (χ3v) is 2.00. The number of methoxy groups -OCH3 is 1. The monoisotopic (exact) mass is 209 g/mol. The number of para-hydroxylation sites is 1. The zero-order chi connectivity index (χ0) is 11.3. The first-order valence-corrected chi connectivity index (χ1v) is 4.56. The molecule has 1 amide bonds. The number of nitrogens with one attached hydrogen (secondary N) is 2. The van der Waals surface area contributed by atoms with Crippen molar-refractivity contribution in [3.63, 3.8) is 0 Å². The van der Waals surface area contributed by atoms with Crippen LogP contribution < -0.4 is 21.1 Å². The van der Waals surface area contributed by atoms with E-state index in [4.69, 9.17) is 10.5 Å². The van der Waals surface area contributed by atoms with E-state index in [9.17, 15) is 4.79 Å². The molecule has 0 aliphatic rings. The van der Waals surface area contributed by atoms with Gasteiger partial charge in [0.2, 0.25) is 5.91 Å². The van der Waals surface area contributed by atoms with Crippen molar-refractivity contribution in [3.05, 3.63) is 18.2 Å². The molecule has 0 spiro atoms. The minimum Gasteiger partial charge on any atom is -0.495 e. The molecule has 1 aromatic carbocycles. The third kappa shape index (κ3) is 2.77. The molecular weight excluding hydrogens is 194 g/mol. The molecule has 0 saturated heterocycles. The Balaban J connectivity index is 2.73. The Morgan fingerprint density at radius 2 is 2.27 bits per heavy atom. The smallest absolute Gasteiger partial charge is 0.239 e. The van der Waals surface area contributed by atoms with Crippen LogP contribution in [0.5, 0.6) is 5.75 Å². The Bertz CT molecular complexity index is 353. The summed E-state index contributed by atoms with van der Waals surface area (Å²) < 4.78 is 5.05. The Labute approximate surface area is 88.6 Å². The number of hydrogen-bond donors (Lipinski definition) is 3. The summed E-state index contributed by atoms with van der Waals surface area (Å²) in [6, 6.07) is 5.36. The number of benzene rings is 1. The highest BCUT2D eigenvalue weighted by Gasteiger charge is 2.05. The molecule has 5 heteroatoms. The van der Waals surface area contributed by atoms with Crippen molar-refractivity contribution < 1.29 is 9.53 Å². The molecule has 0 aliphatic heterocycles. The summed E-state index contributed by atoms with van der Waals surface area (Å²) in [7, 11) is 3.13. The zero-order valence-corrected chi connectivity index (χ0v) is 8.83. The highest BCUT2D eigenvalue weighted by molar-refractivity contribution is 5.82. The van der Waals surface area contributed by atoms with Crippen LogP contribution in [0.4, 0.5) is 11.4 Å². The van der Waals surface area contributed by atoms with Crippen LogP contribution in [-0.2, 0) is 4.79 Å². The number of anilines is 2. The number of carbonyl (C=O) groups is 1. The average molecular weight is 209 g/mol.